The van der Waals surface area contributed by atoms with Crippen LogP contribution in [0.2, 0.25) is 0 Å². The summed E-state index contributed by atoms with van der Waals surface area (Å²) in [5.41, 5.74) is 0.746. The summed E-state index contributed by atoms with van der Waals surface area (Å²) < 4.78 is 29.7. The number of rotatable bonds is 10. The van der Waals surface area contributed by atoms with E-state index in [9.17, 15) is 13.9 Å². The molecule has 0 spiro atoms. The van der Waals surface area contributed by atoms with Gasteiger partial charge >= 0.3 is 0 Å². The van der Waals surface area contributed by atoms with Crippen LogP contribution in [0.4, 0.5) is 8.78 Å². The molecule has 1 atom stereocenters. The predicted octanol–water partition coefficient (Wildman–Crippen LogP) is 4.05. The fourth-order valence-electron chi connectivity index (χ4n) is 3.66. The summed E-state index contributed by atoms with van der Waals surface area (Å²) >= 11 is 0. The summed E-state index contributed by atoms with van der Waals surface area (Å²) in [7, 11) is 0. The van der Waals surface area contributed by atoms with Gasteiger partial charge in [0.05, 0.1) is 6.54 Å². The minimum atomic E-state index is -1.61. The maximum atomic E-state index is 14.7. The van der Waals surface area contributed by atoms with Crippen LogP contribution in [0.1, 0.15) is 36.5 Å². The second-order valence-electron chi connectivity index (χ2n) is 7.74. The Kier molecular flexibility index (Phi) is 7.29. The Morgan fingerprint density at radius 2 is 1.97 bits per heavy atom. The minimum absolute atomic E-state index is 0.00590. The lowest BCUT2D eigenvalue weighted by Gasteiger charge is -2.35. The monoisotopic (exact) mass is 414 g/mol. The van der Waals surface area contributed by atoms with Gasteiger partial charge in [0, 0.05) is 24.7 Å². The number of aromatic nitrogens is 3. The normalized spacial score (nSPS) is 13.5. The number of nitrogens with zero attached hydrogens (tertiary/aromatic N) is 4. The molecule has 0 radical (unpaired) electrons. The molecule has 0 fully saturated rings. The second kappa shape index (κ2) is 9.91. The Labute approximate surface area is 176 Å². The van der Waals surface area contributed by atoms with E-state index in [1.165, 1.54) is 29.5 Å². The fraction of sp³-hybridized carbons (Fsp3) is 0.391. The van der Waals surface area contributed by atoms with E-state index < -0.39 is 17.2 Å². The minimum Gasteiger partial charge on any atom is -0.382 e. The van der Waals surface area contributed by atoms with E-state index in [2.05, 4.69) is 41.0 Å². The lowest BCUT2D eigenvalue weighted by atomic mass is 9.91. The van der Waals surface area contributed by atoms with Crippen LogP contribution in [0.15, 0.2) is 55.1 Å². The first kappa shape index (κ1) is 22.1. The van der Waals surface area contributed by atoms with Gasteiger partial charge in [0.1, 0.15) is 29.9 Å². The average molecular weight is 415 g/mol. The van der Waals surface area contributed by atoms with Crippen molar-refractivity contribution in [1.29, 1.82) is 0 Å². The molecule has 1 heterocycles. The van der Waals surface area contributed by atoms with E-state index in [-0.39, 0.29) is 18.7 Å². The lowest BCUT2D eigenvalue weighted by Crippen LogP contribution is -2.45. The summed E-state index contributed by atoms with van der Waals surface area (Å²) in [5, 5.41) is 15.7. The molecular formula is C23H28F2N4O. The van der Waals surface area contributed by atoms with Gasteiger partial charge < -0.3 is 5.11 Å². The molecule has 160 valence electrons. The molecule has 0 aliphatic heterocycles. The zero-order valence-electron chi connectivity index (χ0n) is 17.4. The molecule has 3 rings (SSSR count). The standard InChI is InChI=1S/C23H28F2N4O/c1-3-4-11-28(13-19-8-6-5-7-18(19)2)14-23(30,15-29-17-26-16-27-29)21-10-9-20(24)12-22(21)25/h5-10,12,16-17,30H,3-4,11,13-15H2,1-2H3. The highest BCUT2D eigenvalue weighted by molar-refractivity contribution is 5.27. The highest BCUT2D eigenvalue weighted by Crippen LogP contribution is 2.29. The van der Waals surface area contributed by atoms with Crippen molar-refractivity contribution in [2.75, 3.05) is 13.1 Å². The van der Waals surface area contributed by atoms with E-state index >= 15 is 0 Å². The van der Waals surface area contributed by atoms with Crippen molar-refractivity contribution < 1.29 is 13.9 Å². The Bertz CT molecular complexity index is 948. The molecule has 0 saturated carbocycles. The summed E-state index contributed by atoms with van der Waals surface area (Å²) in [6.45, 7) is 5.69. The van der Waals surface area contributed by atoms with Crippen LogP contribution >= 0.6 is 0 Å². The van der Waals surface area contributed by atoms with Crippen LogP contribution in [0.5, 0.6) is 0 Å². The van der Waals surface area contributed by atoms with Crippen molar-refractivity contribution in [3.63, 3.8) is 0 Å². The Morgan fingerprint density at radius 1 is 1.17 bits per heavy atom. The zero-order chi connectivity index (χ0) is 21.6. The summed E-state index contributed by atoms with van der Waals surface area (Å²) in [4.78, 5) is 6.03. The molecule has 2 aromatic carbocycles. The smallest absolute Gasteiger partial charge is 0.137 e. The van der Waals surface area contributed by atoms with Crippen LogP contribution < -0.4 is 0 Å². The van der Waals surface area contributed by atoms with Crippen molar-refractivity contribution in [1.82, 2.24) is 19.7 Å². The average Bonchev–Trinajstić information content (AvgIpc) is 3.20. The fourth-order valence-corrected chi connectivity index (χ4v) is 3.66. The molecule has 5 nitrogen and oxygen atoms in total. The van der Waals surface area contributed by atoms with Gasteiger partial charge in [-0.2, -0.15) is 5.10 Å². The van der Waals surface area contributed by atoms with Gasteiger partial charge in [-0.25, -0.2) is 18.4 Å². The first-order chi connectivity index (χ1) is 14.4. The molecule has 0 aliphatic rings. The molecular weight excluding hydrogens is 386 g/mol. The number of halogens is 2. The largest absolute Gasteiger partial charge is 0.382 e. The number of unbranched alkanes of at least 4 members (excludes halogenated alkanes) is 1. The molecule has 1 aromatic heterocycles. The van der Waals surface area contributed by atoms with Gasteiger partial charge in [-0.05, 0) is 37.1 Å². The van der Waals surface area contributed by atoms with E-state index in [1.54, 1.807) is 0 Å². The molecule has 0 saturated heterocycles. The van der Waals surface area contributed by atoms with Crippen LogP contribution in [-0.4, -0.2) is 37.9 Å². The van der Waals surface area contributed by atoms with Crippen LogP contribution in [0.3, 0.4) is 0 Å². The number of hydrogen-bond acceptors (Lipinski definition) is 4. The first-order valence-corrected chi connectivity index (χ1v) is 10.2. The second-order valence-corrected chi connectivity index (χ2v) is 7.74. The van der Waals surface area contributed by atoms with E-state index in [0.717, 1.165) is 36.6 Å². The SMILES string of the molecule is CCCCN(Cc1ccccc1C)CC(O)(Cn1cncn1)c1ccc(F)cc1F. The molecule has 30 heavy (non-hydrogen) atoms. The van der Waals surface area contributed by atoms with Gasteiger partial charge in [-0.15, -0.1) is 0 Å². The zero-order valence-corrected chi connectivity index (χ0v) is 17.4. The van der Waals surface area contributed by atoms with Crippen molar-refractivity contribution in [2.24, 2.45) is 0 Å². The summed E-state index contributed by atoms with van der Waals surface area (Å²) in [6.07, 6.45) is 4.78. The predicted molar refractivity (Wildman–Crippen MR) is 112 cm³/mol. The van der Waals surface area contributed by atoms with Crippen LogP contribution in [0.25, 0.3) is 0 Å². The van der Waals surface area contributed by atoms with Gasteiger partial charge in [-0.3, -0.25) is 4.90 Å². The van der Waals surface area contributed by atoms with Gasteiger partial charge in [0.15, 0.2) is 0 Å². The highest BCUT2D eigenvalue weighted by atomic mass is 19.1. The van der Waals surface area contributed by atoms with Crippen LogP contribution in [0, 0.1) is 18.6 Å². The molecule has 1 N–H and O–H groups in total. The quantitative estimate of drug-likeness (QED) is 0.544. The van der Waals surface area contributed by atoms with Gasteiger partial charge in [-0.1, -0.05) is 43.7 Å². The van der Waals surface area contributed by atoms with E-state index in [0.29, 0.717) is 6.54 Å². The molecule has 0 aliphatic carbocycles. The Morgan fingerprint density at radius 3 is 2.63 bits per heavy atom. The van der Waals surface area contributed by atoms with Crippen molar-refractivity contribution in [2.45, 2.75) is 45.4 Å². The first-order valence-electron chi connectivity index (χ1n) is 10.2. The topological polar surface area (TPSA) is 54.2 Å². The number of hydrogen-bond donors (Lipinski definition) is 1. The lowest BCUT2D eigenvalue weighted by molar-refractivity contribution is -0.0240. The summed E-state index contributed by atoms with van der Waals surface area (Å²) in [5.74, 6) is -1.45. The number of benzene rings is 2. The van der Waals surface area contributed by atoms with Crippen molar-refractivity contribution >= 4 is 0 Å². The number of aryl methyl sites for hydroxylation is 1. The summed E-state index contributed by atoms with van der Waals surface area (Å²) in [6, 6.07) is 11.4. The Hall–Kier alpha value is -2.64. The van der Waals surface area contributed by atoms with Crippen LogP contribution in [-0.2, 0) is 18.7 Å². The third-order valence-corrected chi connectivity index (χ3v) is 5.29. The number of aliphatic hydroxyl groups is 1. The van der Waals surface area contributed by atoms with Crippen molar-refractivity contribution in [3.05, 3.63) is 83.4 Å². The van der Waals surface area contributed by atoms with Gasteiger partial charge in [0.2, 0.25) is 0 Å². The molecule has 0 amide bonds. The van der Waals surface area contributed by atoms with E-state index in [4.69, 9.17) is 0 Å². The molecule has 7 heteroatoms. The molecule has 3 aromatic rings. The third kappa shape index (κ3) is 5.49. The van der Waals surface area contributed by atoms with Gasteiger partial charge in [0.25, 0.3) is 0 Å². The highest BCUT2D eigenvalue weighted by Gasteiger charge is 2.35. The maximum absolute atomic E-state index is 14.7. The Balaban J connectivity index is 1.94. The maximum Gasteiger partial charge on any atom is 0.137 e. The molecule has 0 bridgehead atoms. The van der Waals surface area contributed by atoms with E-state index in [1.807, 2.05) is 12.1 Å². The third-order valence-electron chi connectivity index (χ3n) is 5.29. The molecule has 1 unspecified atom stereocenters. The van der Waals surface area contributed by atoms with Crippen molar-refractivity contribution in [3.8, 4) is 0 Å².